The lowest BCUT2D eigenvalue weighted by molar-refractivity contribution is -0.142. The van der Waals surface area contributed by atoms with Crippen molar-refractivity contribution in [2.45, 2.75) is 78.2 Å². The number of hydrogen-bond acceptors (Lipinski definition) is 4. The Labute approximate surface area is 258 Å². The maximum Gasteiger partial charge on any atom is 0.250 e. The zero-order chi connectivity index (χ0) is 30.6. The summed E-state index contributed by atoms with van der Waals surface area (Å²) in [5, 5.41) is 0. The minimum atomic E-state index is -0.724. The third-order valence-corrected chi connectivity index (χ3v) is 9.67. The summed E-state index contributed by atoms with van der Waals surface area (Å²) in [5.74, 6) is 1.16. The van der Waals surface area contributed by atoms with Crippen molar-refractivity contribution >= 4 is 23.4 Å². The average Bonchev–Trinajstić information content (AvgIpc) is 3.24. The summed E-state index contributed by atoms with van der Waals surface area (Å²) in [6.45, 7) is 11.9. The van der Waals surface area contributed by atoms with E-state index in [9.17, 15) is 14.4 Å². The van der Waals surface area contributed by atoms with Gasteiger partial charge in [0.15, 0.2) is 0 Å². The molecule has 0 N–H and O–H groups in total. The highest BCUT2D eigenvalue weighted by Gasteiger charge is 2.54. The van der Waals surface area contributed by atoms with Gasteiger partial charge in [-0.2, -0.15) is 0 Å². The third kappa shape index (κ3) is 7.42. The van der Waals surface area contributed by atoms with Gasteiger partial charge >= 0.3 is 0 Å². The number of hydrogen-bond donors (Lipinski definition) is 0. The van der Waals surface area contributed by atoms with Crippen LogP contribution in [0.3, 0.4) is 0 Å². The first kappa shape index (κ1) is 31.1. The lowest BCUT2D eigenvalue weighted by Crippen LogP contribution is -2.57. The molecule has 43 heavy (non-hydrogen) atoms. The molecule has 7 nitrogen and oxygen atoms in total. The van der Waals surface area contributed by atoms with Crippen LogP contribution >= 0.6 is 0 Å². The topological polar surface area (TPSA) is 64.2 Å². The quantitative estimate of drug-likeness (QED) is 0.404. The smallest absolute Gasteiger partial charge is 0.250 e. The second-order valence-corrected chi connectivity index (χ2v) is 14.4. The van der Waals surface area contributed by atoms with Gasteiger partial charge in [0.25, 0.3) is 5.91 Å². The molecule has 3 heterocycles. The van der Waals surface area contributed by atoms with Crippen LogP contribution in [0.4, 0.5) is 5.69 Å². The van der Waals surface area contributed by atoms with E-state index in [1.165, 1.54) is 5.56 Å². The van der Waals surface area contributed by atoms with Crippen molar-refractivity contribution in [3.8, 4) is 0 Å². The summed E-state index contributed by atoms with van der Waals surface area (Å²) in [7, 11) is 0. The maximum atomic E-state index is 14.2. The van der Waals surface area contributed by atoms with Crippen LogP contribution in [0.5, 0.6) is 0 Å². The summed E-state index contributed by atoms with van der Waals surface area (Å²) in [6.07, 6.45) is 5.75. The SMILES string of the molecule is CC(CC(=O)N1CCC2(CC1)C(=O)N(CC(=O)N1CCC(Cc3ccccc3)CC1)CN2c1ccccc1)CC(C)(C)C. The third-order valence-electron chi connectivity index (χ3n) is 9.67. The lowest BCUT2D eigenvalue weighted by Gasteiger charge is -2.43. The Morgan fingerprint density at radius 3 is 2.05 bits per heavy atom. The fraction of sp³-hybridized carbons (Fsp3) is 0.583. The Hall–Kier alpha value is -3.35. The van der Waals surface area contributed by atoms with Crippen LogP contribution in [0.1, 0.15) is 71.8 Å². The van der Waals surface area contributed by atoms with Crippen LogP contribution in [-0.4, -0.2) is 77.4 Å². The second-order valence-electron chi connectivity index (χ2n) is 14.4. The number of rotatable bonds is 8. The van der Waals surface area contributed by atoms with Crippen LogP contribution in [0.25, 0.3) is 0 Å². The first-order chi connectivity index (χ1) is 20.5. The van der Waals surface area contributed by atoms with E-state index in [4.69, 9.17) is 0 Å². The van der Waals surface area contributed by atoms with E-state index < -0.39 is 5.54 Å². The van der Waals surface area contributed by atoms with Crippen LogP contribution in [-0.2, 0) is 20.8 Å². The van der Waals surface area contributed by atoms with Crippen molar-refractivity contribution < 1.29 is 14.4 Å². The van der Waals surface area contributed by atoms with Crippen molar-refractivity contribution in [2.24, 2.45) is 17.3 Å². The first-order valence-electron chi connectivity index (χ1n) is 16.3. The van der Waals surface area contributed by atoms with Crippen molar-refractivity contribution in [1.82, 2.24) is 14.7 Å². The predicted molar refractivity (Wildman–Crippen MR) is 171 cm³/mol. The Kier molecular flexibility index (Phi) is 9.48. The molecule has 7 heteroatoms. The molecule has 3 amide bonds. The molecule has 0 aromatic heterocycles. The molecular formula is C36H50N4O3. The highest BCUT2D eigenvalue weighted by molar-refractivity contribution is 5.96. The normalized spacial score (nSPS) is 20.1. The monoisotopic (exact) mass is 586 g/mol. The number of benzene rings is 2. The molecular weight excluding hydrogens is 536 g/mol. The van der Waals surface area contributed by atoms with Crippen molar-refractivity contribution in [2.75, 3.05) is 44.3 Å². The molecule has 0 saturated carbocycles. The van der Waals surface area contributed by atoms with Crippen molar-refractivity contribution in [3.05, 3.63) is 66.2 Å². The van der Waals surface area contributed by atoms with Gasteiger partial charge in [0, 0.05) is 38.3 Å². The van der Waals surface area contributed by atoms with Gasteiger partial charge in [-0.25, -0.2) is 0 Å². The molecule has 232 valence electrons. The van der Waals surface area contributed by atoms with Gasteiger partial charge in [0.1, 0.15) is 12.1 Å². The first-order valence-corrected chi connectivity index (χ1v) is 16.3. The fourth-order valence-corrected chi connectivity index (χ4v) is 7.59. The summed E-state index contributed by atoms with van der Waals surface area (Å²) in [5.41, 5.74) is 1.81. The molecule has 3 fully saturated rings. The van der Waals surface area contributed by atoms with Crippen LogP contribution < -0.4 is 4.90 Å². The molecule has 0 bridgehead atoms. The van der Waals surface area contributed by atoms with E-state index in [0.717, 1.165) is 44.5 Å². The zero-order valence-electron chi connectivity index (χ0n) is 26.6. The Bertz CT molecular complexity index is 1240. The van der Waals surface area contributed by atoms with Gasteiger partial charge in [0.2, 0.25) is 11.8 Å². The summed E-state index contributed by atoms with van der Waals surface area (Å²) in [6, 6.07) is 20.6. The van der Waals surface area contributed by atoms with E-state index in [1.54, 1.807) is 4.90 Å². The predicted octanol–water partition coefficient (Wildman–Crippen LogP) is 5.60. The van der Waals surface area contributed by atoms with Crippen LogP contribution in [0, 0.1) is 17.3 Å². The van der Waals surface area contributed by atoms with Crippen LogP contribution in [0.2, 0.25) is 0 Å². The molecule has 3 aliphatic rings. The standard InChI is InChI=1S/C36H50N4O3/c1-28(25-35(2,3)4)23-32(41)38-21-17-36(18-22-38)34(43)39(27-40(36)31-13-9-6-10-14-31)26-33(42)37-19-15-30(16-20-37)24-29-11-7-5-8-12-29/h5-14,28,30H,15-27H2,1-4H3. The summed E-state index contributed by atoms with van der Waals surface area (Å²) < 4.78 is 0. The Morgan fingerprint density at radius 1 is 0.860 bits per heavy atom. The van der Waals surface area contributed by atoms with E-state index in [2.05, 4.69) is 56.9 Å². The average molecular weight is 587 g/mol. The number of para-hydroxylation sites is 1. The number of amides is 3. The highest BCUT2D eigenvalue weighted by Crippen LogP contribution is 2.40. The minimum absolute atomic E-state index is 0.0249. The van der Waals surface area contributed by atoms with Gasteiger partial charge < -0.3 is 19.6 Å². The Morgan fingerprint density at radius 2 is 1.44 bits per heavy atom. The van der Waals surface area contributed by atoms with Crippen molar-refractivity contribution in [1.29, 1.82) is 0 Å². The number of carbonyl (C=O) groups excluding carboxylic acids is 3. The molecule has 0 radical (unpaired) electrons. The van der Waals surface area contributed by atoms with Gasteiger partial charge in [-0.15, -0.1) is 0 Å². The van der Waals surface area contributed by atoms with E-state index in [1.807, 2.05) is 46.2 Å². The molecule has 5 rings (SSSR count). The lowest BCUT2D eigenvalue weighted by atomic mass is 9.83. The van der Waals surface area contributed by atoms with Gasteiger partial charge in [0.05, 0.1) is 6.67 Å². The molecule has 1 atom stereocenters. The summed E-state index contributed by atoms with van der Waals surface area (Å²) in [4.78, 5) is 48.7. The zero-order valence-corrected chi connectivity index (χ0v) is 26.6. The highest BCUT2D eigenvalue weighted by atomic mass is 16.2. The van der Waals surface area contributed by atoms with E-state index in [0.29, 0.717) is 50.9 Å². The molecule has 0 aliphatic carbocycles. The van der Waals surface area contributed by atoms with Gasteiger partial charge in [-0.05, 0) is 73.5 Å². The molecule has 2 aromatic carbocycles. The molecule has 1 unspecified atom stereocenters. The van der Waals surface area contributed by atoms with Gasteiger partial charge in [-0.1, -0.05) is 76.2 Å². The number of anilines is 1. The Balaban J connectivity index is 1.21. The number of carbonyl (C=O) groups is 3. The minimum Gasteiger partial charge on any atom is -0.342 e. The number of likely N-dealkylation sites (tertiary alicyclic amines) is 2. The van der Waals surface area contributed by atoms with E-state index in [-0.39, 0.29) is 29.7 Å². The molecule has 3 aliphatic heterocycles. The second kappa shape index (κ2) is 13.1. The largest absolute Gasteiger partial charge is 0.342 e. The van der Waals surface area contributed by atoms with Crippen LogP contribution in [0.15, 0.2) is 60.7 Å². The van der Waals surface area contributed by atoms with Crippen molar-refractivity contribution in [3.63, 3.8) is 0 Å². The number of piperidine rings is 2. The van der Waals surface area contributed by atoms with E-state index >= 15 is 0 Å². The summed E-state index contributed by atoms with van der Waals surface area (Å²) >= 11 is 0. The van der Waals surface area contributed by atoms with Gasteiger partial charge in [-0.3, -0.25) is 14.4 Å². The number of nitrogens with zero attached hydrogens (tertiary/aromatic N) is 4. The molecule has 2 aromatic rings. The molecule has 3 saturated heterocycles. The maximum absolute atomic E-state index is 14.2. The fourth-order valence-electron chi connectivity index (χ4n) is 7.59. The molecule has 1 spiro atoms.